The van der Waals surface area contributed by atoms with Crippen LogP contribution in [0.1, 0.15) is 25.8 Å². The second kappa shape index (κ2) is 9.42. The number of fused-ring (bicyclic) bond motifs is 1. The monoisotopic (exact) mass is 440 g/mol. The Hall–Kier alpha value is -3.71. The molecule has 7 nitrogen and oxygen atoms in total. The molecule has 0 aliphatic carbocycles. The molecule has 1 aliphatic rings. The number of hydrogen-bond acceptors (Lipinski definition) is 6. The molecule has 1 N–H and O–H groups in total. The smallest absolute Gasteiger partial charge is 0.163 e. The summed E-state index contributed by atoms with van der Waals surface area (Å²) >= 11 is 0. The lowest BCUT2D eigenvalue weighted by molar-refractivity contribution is 0.151. The van der Waals surface area contributed by atoms with Crippen molar-refractivity contribution in [2.75, 3.05) is 18.4 Å². The second-order valence-corrected chi connectivity index (χ2v) is 8.38. The highest BCUT2D eigenvalue weighted by Gasteiger charge is 2.26. The Kier molecular flexibility index (Phi) is 6.04. The van der Waals surface area contributed by atoms with Crippen LogP contribution in [0.5, 0.6) is 11.5 Å². The zero-order valence-corrected chi connectivity index (χ0v) is 18.8. The molecule has 1 unspecified atom stereocenters. The second-order valence-electron chi connectivity index (χ2n) is 8.38. The summed E-state index contributed by atoms with van der Waals surface area (Å²) in [6.07, 6.45) is 7.69. The molecule has 33 heavy (non-hydrogen) atoms. The van der Waals surface area contributed by atoms with Crippen LogP contribution in [-0.4, -0.2) is 43.8 Å². The number of para-hydroxylation sites is 1. The quantitative estimate of drug-likeness (QED) is 0.379. The summed E-state index contributed by atoms with van der Waals surface area (Å²) in [4.78, 5) is 11.5. The van der Waals surface area contributed by atoms with Gasteiger partial charge in [-0.15, -0.1) is 6.58 Å². The first-order chi connectivity index (χ1) is 16.2. The largest absolute Gasteiger partial charge is 0.457 e. The number of aromatic nitrogens is 4. The maximum atomic E-state index is 5.88. The molecule has 2 aromatic heterocycles. The van der Waals surface area contributed by atoms with Crippen molar-refractivity contribution in [1.29, 1.82) is 0 Å². The van der Waals surface area contributed by atoms with Crippen molar-refractivity contribution in [1.82, 2.24) is 24.6 Å². The van der Waals surface area contributed by atoms with Gasteiger partial charge in [-0.25, -0.2) is 14.6 Å². The molecule has 4 aromatic rings. The van der Waals surface area contributed by atoms with Crippen molar-refractivity contribution in [3.8, 4) is 11.5 Å². The maximum Gasteiger partial charge on any atom is 0.163 e. The fraction of sp³-hybridized carbons (Fsp3) is 0.269. The van der Waals surface area contributed by atoms with Crippen LogP contribution in [0.2, 0.25) is 0 Å². The predicted molar refractivity (Wildman–Crippen MR) is 131 cm³/mol. The predicted octanol–water partition coefficient (Wildman–Crippen LogP) is 5.57. The van der Waals surface area contributed by atoms with Crippen LogP contribution in [0.3, 0.4) is 0 Å². The molecular weight excluding hydrogens is 412 g/mol. The van der Waals surface area contributed by atoms with E-state index in [2.05, 4.69) is 38.4 Å². The summed E-state index contributed by atoms with van der Waals surface area (Å²) in [5, 5.41) is 9.02. The van der Waals surface area contributed by atoms with E-state index in [9.17, 15) is 0 Å². The number of nitrogens with zero attached hydrogens (tertiary/aromatic N) is 5. The highest BCUT2D eigenvalue weighted by Crippen LogP contribution is 2.29. The minimum Gasteiger partial charge on any atom is -0.457 e. The van der Waals surface area contributed by atoms with Crippen LogP contribution in [0.4, 0.5) is 11.5 Å². The van der Waals surface area contributed by atoms with Crippen LogP contribution in [0.15, 0.2) is 79.8 Å². The molecule has 3 heterocycles. The summed E-state index contributed by atoms with van der Waals surface area (Å²) in [5.41, 5.74) is 1.78. The molecule has 0 amide bonds. The van der Waals surface area contributed by atoms with E-state index in [0.717, 1.165) is 60.0 Å². The molecule has 168 valence electrons. The molecule has 0 saturated carbocycles. The van der Waals surface area contributed by atoms with E-state index < -0.39 is 0 Å². The van der Waals surface area contributed by atoms with Crippen LogP contribution >= 0.6 is 0 Å². The lowest BCUT2D eigenvalue weighted by Gasteiger charge is -2.35. The van der Waals surface area contributed by atoms with Gasteiger partial charge in [-0.05, 0) is 62.7 Å². The van der Waals surface area contributed by atoms with E-state index in [1.807, 2.05) is 66.9 Å². The van der Waals surface area contributed by atoms with E-state index in [-0.39, 0.29) is 6.04 Å². The molecule has 2 atom stereocenters. The van der Waals surface area contributed by atoms with Gasteiger partial charge in [0.25, 0.3) is 0 Å². The van der Waals surface area contributed by atoms with Crippen LogP contribution in [-0.2, 0) is 0 Å². The topological polar surface area (TPSA) is 68.1 Å². The van der Waals surface area contributed by atoms with E-state index >= 15 is 0 Å². The zero-order chi connectivity index (χ0) is 22.6. The SMILES string of the molecule is C=CC(C)N1CCC[C@@H](n2ncc3c(Nc4ccc(Oc5ccccc5)cc4)ncnc32)C1. The van der Waals surface area contributed by atoms with E-state index in [1.54, 1.807) is 6.33 Å². The first kappa shape index (κ1) is 21.2. The highest BCUT2D eigenvalue weighted by molar-refractivity contribution is 5.88. The fourth-order valence-corrected chi connectivity index (χ4v) is 4.30. The number of likely N-dealkylation sites (tertiary alicyclic amines) is 1. The van der Waals surface area contributed by atoms with Crippen molar-refractivity contribution in [3.05, 3.63) is 79.8 Å². The van der Waals surface area contributed by atoms with Crippen molar-refractivity contribution < 1.29 is 4.74 Å². The Morgan fingerprint density at radius 3 is 2.67 bits per heavy atom. The lowest BCUT2D eigenvalue weighted by atomic mass is 10.0. The van der Waals surface area contributed by atoms with Gasteiger partial charge < -0.3 is 10.1 Å². The first-order valence-corrected chi connectivity index (χ1v) is 11.4. The molecular formula is C26H28N6O. The third-order valence-electron chi connectivity index (χ3n) is 6.18. The van der Waals surface area contributed by atoms with Gasteiger partial charge in [0.1, 0.15) is 23.6 Å². The third kappa shape index (κ3) is 4.59. The summed E-state index contributed by atoms with van der Waals surface area (Å²) in [7, 11) is 0. The van der Waals surface area contributed by atoms with Crippen LogP contribution < -0.4 is 10.1 Å². The number of anilines is 2. The standard InChI is InChI=1S/C26H28N6O/c1-3-19(2)31-15-7-8-21(17-31)32-26-24(16-29-32)25(27-18-28-26)30-20-11-13-23(14-12-20)33-22-9-5-4-6-10-22/h3-6,9-14,16,18-19,21H,1,7-8,15,17H2,2H3,(H,27,28,30)/t19?,21-/m1/s1. The van der Waals surface area contributed by atoms with Gasteiger partial charge in [0.05, 0.1) is 17.6 Å². The van der Waals surface area contributed by atoms with E-state index in [0.29, 0.717) is 6.04 Å². The fourth-order valence-electron chi connectivity index (χ4n) is 4.30. The maximum absolute atomic E-state index is 5.88. The summed E-state index contributed by atoms with van der Waals surface area (Å²) in [6, 6.07) is 18.2. The number of benzene rings is 2. The van der Waals surface area contributed by atoms with Crippen molar-refractivity contribution in [3.63, 3.8) is 0 Å². The molecule has 0 radical (unpaired) electrons. The first-order valence-electron chi connectivity index (χ1n) is 11.4. The van der Waals surface area contributed by atoms with Gasteiger partial charge >= 0.3 is 0 Å². The molecule has 0 bridgehead atoms. The number of hydrogen-bond donors (Lipinski definition) is 1. The summed E-state index contributed by atoms with van der Waals surface area (Å²) in [6.45, 7) is 8.18. The molecule has 1 fully saturated rings. The van der Waals surface area contributed by atoms with Crippen molar-refractivity contribution in [2.24, 2.45) is 0 Å². The molecule has 2 aromatic carbocycles. The van der Waals surface area contributed by atoms with Crippen molar-refractivity contribution in [2.45, 2.75) is 31.8 Å². The van der Waals surface area contributed by atoms with Crippen LogP contribution in [0, 0.1) is 0 Å². The van der Waals surface area contributed by atoms with Crippen molar-refractivity contribution >= 4 is 22.5 Å². The Bertz CT molecular complexity index is 1220. The normalized spacial score (nSPS) is 17.5. The highest BCUT2D eigenvalue weighted by atomic mass is 16.5. The zero-order valence-electron chi connectivity index (χ0n) is 18.8. The molecule has 1 aliphatic heterocycles. The molecule has 5 rings (SSSR count). The Labute approximate surface area is 193 Å². The van der Waals surface area contributed by atoms with Gasteiger partial charge in [-0.3, -0.25) is 4.90 Å². The third-order valence-corrected chi connectivity index (χ3v) is 6.18. The van der Waals surface area contributed by atoms with Gasteiger partial charge in [0.2, 0.25) is 0 Å². The average Bonchev–Trinajstić information content (AvgIpc) is 3.31. The Balaban J connectivity index is 1.33. The number of piperidine rings is 1. The number of nitrogens with one attached hydrogen (secondary N) is 1. The van der Waals surface area contributed by atoms with E-state index in [4.69, 9.17) is 9.84 Å². The van der Waals surface area contributed by atoms with Gasteiger partial charge in [-0.1, -0.05) is 24.3 Å². The Morgan fingerprint density at radius 1 is 1.09 bits per heavy atom. The average molecular weight is 441 g/mol. The lowest BCUT2D eigenvalue weighted by Crippen LogP contribution is -2.41. The summed E-state index contributed by atoms with van der Waals surface area (Å²) in [5.74, 6) is 2.34. The van der Waals surface area contributed by atoms with Gasteiger partial charge in [-0.2, -0.15) is 5.10 Å². The van der Waals surface area contributed by atoms with E-state index in [1.165, 1.54) is 0 Å². The summed E-state index contributed by atoms with van der Waals surface area (Å²) < 4.78 is 7.94. The minimum atomic E-state index is 0.288. The minimum absolute atomic E-state index is 0.288. The Morgan fingerprint density at radius 2 is 1.88 bits per heavy atom. The molecule has 1 saturated heterocycles. The van der Waals surface area contributed by atoms with Gasteiger partial charge in [0.15, 0.2) is 5.65 Å². The number of ether oxygens (including phenoxy) is 1. The van der Waals surface area contributed by atoms with Crippen LogP contribution in [0.25, 0.3) is 11.0 Å². The van der Waals surface area contributed by atoms with Gasteiger partial charge in [0, 0.05) is 18.3 Å². The molecule has 7 heteroatoms. The number of rotatable bonds is 7. The molecule has 0 spiro atoms.